The van der Waals surface area contributed by atoms with Gasteiger partial charge in [0.1, 0.15) is 6.26 Å². The van der Waals surface area contributed by atoms with Crippen molar-refractivity contribution in [1.82, 2.24) is 14.7 Å². The second kappa shape index (κ2) is 4.82. The standard InChI is InChI=1S/C11H12N4O3/c1-7-8(12-6-15(2)11(7)17)5-10(16)13-9-3-4-18-14-9/h3-4,6H,5H2,1-2H3,(H,13,14,16). The summed E-state index contributed by atoms with van der Waals surface area (Å²) in [5.41, 5.74) is 0.767. The highest BCUT2D eigenvalue weighted by Gasteiger charge is 2.11. The van der Waals surface area contributed by atoms with Crippen LogP contribution in [0.25, 0.3) is 0 Å². The fraction of sp³-hybridized carbons (Fsp3) is 0.273. The Bertz CT molecular complexity index is 616. The Balaban J connectivity index is 2.12. The van der Waals surface area contributed by atoms with Crippen molar-refractivity contribution < 1.29 is 9.32 Å². The van der Waals surface area contributed by atoms with Crippen LogP contribution in [0.1, 0.15) is 11.3 Å². The largest absolute Gasteiger partial charge is 0.363 e. The van der Waals surface area contributed by atoms with Crippen LogP contribution in [0.2, 0.25) is 0 Å². The number of nitrogens with zero attached hydrogens (tertiary/aromatic N) is 3. The average Bonchev–Trinajstić information content (AvgIpc) is 2.83. The number of nitrogens with one attached hydrogen (secondary N) is 1. The number of hydrogen-bond acceptors (Lipinski definition) is 5. The molecule has 0 atom stereocenters. The van der Waals surface area contributed by atoms with Crippen LogP contribution in [0.5, 0.6) is 0 Å². The molecular weight excluding hydrogens is 236 g/mol. The van der Waals surface area contributed by atoms with Crippen molar-refractivity contribution in [2.24, 2.45) is 7.05 Å². The van der Waals surface area contributed by atoms with E-state index in [0.717, 1.165) is 0 Å². The summed E-state index contributed by atoms with van der Waals surface area (Å²) < 4.78 is 5.96. The number of amides is 1. The molecule has 0 aromatic carbocycles. The first kappa shape index (κ1) is 12.0. The zero-order chi connectivity index (χ0) is 13.1. The zero-order valence-corrected chi connectivity index (χ0v) is 10.0. The minimum absolute atomic E-state index is 0.0226. The normalized spacial score (nSPS) is 10.3. The lowest BCUT2D eigenvalue weighted by molar-refractivity contribution is -0.115. The third kappa shape index (κ3) is 2.45. The molecule has 18 heavy (non-hydrogen) atoms. The number of anilines is 1. The molecule has 1 amide bonds. The molecule has 7 nitrogen and oxygen atoms in total. The number of aryl methyl sites for hydroxylation is 1. The highest BCUT2D eigenvalue weighted by atomic mass is 16.5. The van der Waals surface area contributed by atoms with E-state index in [9.17, 15) is 9.59 Å². The van der Waals surface area contributed by atoms with E-state index in [1.54, 1.807) is 14.0 Å². The summed E-state index contributed by atoms with van der Waals surface area (Å²) in [6.45, 7) is 1.65. The Hall–Kier alpha value is -2.44. The highest BCUT2D eigenvalue weighted by molar-refractivity contribution is 5.91. The van der Waals surface area contributed by atoms with Crippen LogP contribution in [0.15, 0.2) is 28.0 Å². The molecular formula is C11H12N4O3. The molecule has 0 spiro atoms. The lowest BCUT2D eigenvalue weighted by Crippen LogP contribution is -2.24. The summed E-state index contributed by atoms with van der Waals surface area (Å²) >= 11 is 0. The Labute approximate surface area is 102 Å². The van der Waals surface area contributed by atoms with Crippen LogP contribution in [0.3, 0.4) is 0 Å². The molecule has 0 aliphatic carbocycles. The SMILES string of the molecule is Cc1c(CC(=O)Nc2ccon2)ncn(C)c1=O. The van der Waals surface area contributed by atoms with Crippen LogP contribution in [0, 0.1) is 6.92 Å². The van der Waals surface area contributed by atoms with Crippen LogP contribution < -0.4 is 10.9 Å². The van der Waals surface area contributed by atoms with Gasteiger partial charge < -0.3 is 14.4 Å². The first-order valence-corrected chi connectivity index (χ1v) is 5.29. The maximum absolute atomic E-state index is 11.7. The van der Waals surface area contributed by atoms with Gasteiger partial charge in [-0.05, 0) is 6.92 Å². The van der Waals surface area contributed by atoms with Gasteiger partial charge in [-0.25, -0.2) is 4.98 Å². The molecule has 2 rings (SSSR count). The van der Waals surface area contributed by atoms with Gasteiger partial charge in [0, 0.05) is 18.7 Å². The minimum Gasteiger partial charge on any atom is -0.363 e. The summed E-state index contributed by atoms with van der Waals surface area (Å²) in [5, 5.41) is 6.10. The van der Waals surface area contributed by atoms with E-state index in [1.165, 1.54) is 23.2 Å². The van der Waals surface area contributed by atoms with Crippen LogP contribution in [0.4, 0.5) is 5.82 Å². The second-order valence-electron chi connectivity index (χ2n) is 3.84. The summed E-state index contributed by atoms with van der Waals surface area (Å²) in [6, 6.07) is 1.53. The molecule has 0 bridgehead atoms. The predicted molar refractivity (Wildman–Crippen MR) is 63.1 cm³/mol. The number of aromatic nitrogens is 3. The van der Waals surface area contributed by atoms with Gasteiger partial charge in [0.15, 0.2) is 5.82 Å². The molecule has 2 heterocycles. The third-order valence-corrected chi connectivity index (χ3v) is 2.49. The minimum atomic E-state index is -0.298. The molecule has 0 radical (unpaired) electrons. The molecule has 2 aromatic heterocycles. The van der Waals surface area contributed by atoms with Crippen molar-refractivity contribution in [2.75, 3.05) is 5.32 Å². The van der Waals surface area contributed by atoms with Crippen LogP contribution in [-0.2, 0) is 18.3 Å². The van der Waals surface area contributed by atoms with E-state index >= 15 is 0 Å². The second-order valence-corrected chi connectivity index (χ2v) is 3.84. The van der Waals surface area contributed by atoms with Crippen molar-refractivity contribution in [3.63, 3.8) is 0 Å². The smallest absolute Gasteiger partial charge is 0.256 e. The number of rotatable bonds is 3. The monoisotopic (exact) mass is 248 g/mol. The Morgan fingerprint density at radius 3 is 3.00 bits per heavy atom. The summed E-state index contributed by atoms with van der Waals surface area (Å²) in [6.07, 6.45) is 2.78. The first-order chi connectivity index (χ1) is 8.58. The number of hydrogen-bond donors (Lipinski definition) is 1. The van der Waals surface area contributed by atoms with Gasteiger partial charge in [0.25, 0.3) is 5.56 Å². The van der Waals surface area contributed by atoms with Gasteiger partial charge in [-0.15, -0.1) is 0 Å². The van der Waals surface area contributed by atoms with E-state index in [-0.39, 0.29) is 17.9 Å². The van der Waals surface area contributed by atoms with E-state index < -0.39 is 0 Å². The summed E-state index contributed by atoms with van der Waals surface area (Å²) in [4.78, 5) is 27.4. The molecule has 2 aromatic rings. The molecule has 0 fully saturated rings. The molecule has 94 valence electrons. The Morgan fingerprint density at radius 2 is 2.33 bits per heavy atom. The molecule has 0 unspecified atom stereocenters. The maximum atomic E-state index is 11.7. The molecule has 1 N–H and O–H groups in total. The molecule has 0 aliphatic rings. The fourth-order valence-electron chi connectivity index (χ4n) is 1.49. The van der Waals surface area contributed by atoms with Crippen molar-refractivity contribution >= 4 is 11.7 Å². The maximum Gasteiger partial charge on any atom is 0.256 e. The Kier molecular flexibility index (Phi) is 3.22. The van der Waals surface area contributed by atoms with Gasteiger partial charge in [-0.3, -0.25) is 9.59 Å². The van der Waals surface area contributed by atoms with E-state index in [1.807, 2.05) is 0 Å². The molecule has 0 saturated heterocycles. The lowest BCUT2D eigenvalue weighted by atomic mass is 10.2. The van der Waals surface area contributed by atoms with Crippen molar-refractivity contribution in [1.29, 1.82) is 0 Å². The highest BCUT2D eigenvalue weighted by Crippen LogP contribution is 2.04. The van der Waals surface area contributed by atoms with E-state index in [2.05, 4.69) is 20.0 Å². The predicted octanol–water partition coefficient (Wildman–Crippen LogP) is 0.258. The van der Waals surface area contributed by atoms with Gasteiger partial charge in [-0.1, -0.05) is 5.16 Å². The van der Waals surface area contributed by atoms with Crippen LogP contribution >= 0.6 is 0 Å². The van der Waals surface area contributed by atoms with Gasteiger partial charge in [0.2, 0.25) is 5.91 Å². The van der Waals surface area contributed by atoms with Crippen molar-refractivity contribution in [3.05, 3.63) is 40.3 Å². The van der Waals surface area contributed by atoms with Gasteiger partial charge in [0.05, 0.1) is 18.4 Å². The molecule has 7 heteroatoms. The zero-order valence-electron chi connectivity index (χ0n) is 10.0. The lowest BCUT2D eigenvalue weighted by Gasteiger charge is -2.05. The number of carbonyl (C=O) groups excluding carboxylic acids is 1. The van der Waals surface area contributed by atoms with Crippen molar-refractivity contribution in [3.8, 4) is 0 Å². The number of carbonyl (C=O) groups is 1. The third-order valence-electron chi connectivity index (χ3n) is 2.49. The summed E-state index contributed by atoms with van der Waals surface area (Å²) in [5.74, 6) is 0.0363. The van der Waals surface area contributed by atoms with Crippen molar-refractivity contribution in [2.45, 2.75) is 13.3 Å². The summed E-state index contributed by atoms with van der Waals surface area (Å²) in [7, 11) is 1.61. The fourth-order valence-corrected chi connectivity index (χ4v) is 1.49. The quantitative estimate of drug-likeness (QED) is 0.841. The van der Waals surface area contributed by atoms with Crippen LogP contribution in [-0.4, -0.2) is 20.6 Å². The first-order valence-electron chi connectivity index (χ1n) is 5.29. The Morgan fingerprint density at radius 1 is 1.56 bits per heavy atom. The van der Waals surface area contributed by atoms with E-state index in [4.69, 9.17) is 0 Å². The van der Waals surface area contributed by atoms with Gasteiger partial charge in [-0.2, -0.15) is 0 Å². The molecule has 0 saturated carbocycles. The topological polar surface area (TPSA) is 90.0 Å². The average molecular weight is 248 g/mol. The van der Waals surface area contributed by atoms with Gasteiger partial charge >= 0.3 is 0 Å². The van der Waals surface area contributed by atoms with E-state index in [0.29, 0.717) is 17.1 Å². The molecule has 0 aliphatic heterocycles.